The van der Waals surface area contributed by atoms with E-state index in [0.717, 1.165) is 0 Å². The van der Waals surface area contributed by atoms with Crippen molar-refractivity contribution in [1.82, 2.24) is 14.5 Å². The Bertz CT molecular complexity index is 632. The Morgan fingerprint density at radius 2 is 2.11 bits per heavy atom. The predicted molar refractivity (Wildman–Crippen MR) is 68.5 cm³/mol. The van der Waals surface area contributed by atoms with E-state index in [1.165, 1.54) is 6.33 Å². The van der Waals surface area contributed by atoms with Crippen molar-refractivity contribution in [3.8, 4) is 0 Å². The summed E-state index contributed by atoms with van der Waals surface area (Å²) in [7, 11) is 0. The number of halogens is 1. The summed E-state index contributed by atoms with van der Waals surface area (Å²) in [6.07, 6.45) is -0.371. The van der Waals surface area contributed by atoms with Gasteiger partial charge in [0.2, 0.25) is 0 Å². The van der Waals surface area contributed by atoms with Crippen molar-refractivity contribution in [3.63, 3.8) is 0 Å². The Morgan fingerprint density at radius 3 is 2.74 bits per heavy atom. The number of aliphatic hydroxyl groups excluding tert-OH is 2. The second-order valence-corrected chi connectivity index (χ2v) is 4.96. The van der Waals surface area contributed by atoms with Gasteiger partial charge in [0.05, 0.1) is 16.5 Å². The van der Waals surface area contributed by atoms with E-state index in [4.69, 9.17) is 22.1 Å². The molecule has 0 unspecified atom stereocenters. The zero-order valence-corrected chi connectivity index (χ0v) is 10.8. The standard InChI is InChI=1S/C11H13ClN4O3/c1-4-7(17)8(18)11(19-4)16-2-5(12)6-9(13)14-3-15-10(6)16/h2-4,7-8,11,17-18H,1H3,(H2,13,14,15)/t4-,7-,8-,11-/m1/s1. The molecule has 0 bridgehead atoms. The lowest BCUT2D eigenvalue weighted by atomic mass is 10.1. The molecule has 4 N–H and O–H groups in total. The average molecular weight is 285 g/mol. The van der Waals surface area contributed by atoms with Gasteiger partial charge in [-0.25, -0.2) is 9.97 Å². The van der Waals surface area contributed by atoms with Crippen LogP contribution in [0.1, 0.15) is 13.2 Å². The van der Waals surface area contributed by atoms with E-state index >= 15 is 0 Å². The summed E-state index contributed by atoms with van der Waals surface area (Å²) < 4.78 is 7.10. The van der Waals surface area contributed by atoms with Gasteiger partial charge in [0.15, 0.2) is 6.23 Å². The highest BCUT2D eigenvalue weighted by Crippen LogP contribution is 2.35. The number of ether oxygens (including phenoxy) is 1. The van der Waals surface area contributed by atoms with Crippen LogP contribution in [-0.4, -0.2) is 43.1 Å². The van der Waals surface area contributed by atoms with Crippen LogP contribution in [0.5, 0.6) is 0 Å². The summed E-state index contributed by atoms with van der Waals surface area (Å²) in [5, 5.41) is 20.6. The number of nitrogens with zero attached hydrogens (tertiary/aromatic N) is 3. The second kappa shape index (κ2) is 4.31. The third kappa shape index (κ3) is 1.78. The van der Waals surface area contributed by atoms with Crippen LogP contribution in [0, 0.1) is 0 Å². The van der Waals surface area contributed by atoms with E-state index in [2.05, 4.69) is 9.97 Å². The Balaban J connectivity index is 2.14. The molecule has 2 aromatic rings. The molecule has 0 saturated carbocycles. The molecule has 2 aromatic heterocycles. The van der Waals surface area contributed by atoms with Crippen molar-refractivity contribution in [1.29, 1.82) is 0 Å². The average Bonchev–Trinajstić information content (AvgIpc) is 2.83. The maximum atomic E-state index is 10.0. The molecular weight excluding hydrogens is 272 g/mol. The molecule has 3 heterocycles. The van der Waals surface area contributed by atoms with Gasteiger partial charge in [-0.2, -0.15) is 0 Å². The first-order chi connectivity index (χ1) is 9.00. The lowest BCUT2D eigenvalue weighted by molar-refractivity contribution is -0.0296. The number of anilines is 1. The van der Waals surface area contributed by atoms with Gasteiger partial charge in [-0.3, -0.25) is 0 Å². The summed E-state index contributed by atoms with van der Waals surface area (Å²) in [6, 6.07) is 0. The molecule has 7 nitrogen and oxygen atoms in total. The predicted octanol–water partition coefficient (Wildman–Crippen LogP) is 0.306. The molecule has 1 fully saturated rings. The molecule has 4 atom stereocenters. The van der Waals surface area contributed by atoms with Crippen molar-refractivity contribution >= 4 is 28.5 Å². The van der Waals surface area contributed by atoms with E-state index in [9.17, 15) is 10.2 Å². The second-order valence-electron chi connectivity index (χ2n) is 4.55. The first-order valence-electron chi connectivity index (χ1n) is 5.79. The number of rotatable bonds is 1. The monoisotopic (exact) mass is 284 g/mol. The lowest BCUT2D eigenvalue weighted by Crippen LogP contribution is -2.30. The molecule has 1 aliphatic rings. The molecule has 0 aliphatic carbocycles. The smallest absolute Gasteiger partial charge is 0.164 e. The van der Waals surface area contributed by atoms with E-state index in [0.29, 0.717) is 16.1 Å². The number of aromatic nitrogens is 3. The molecule has 0 spiro atoms. The number of nitrogens with two attached hydrogens (primary N) is 1. The number of aliphatic hydroxyl groups is 2. The summed E-state index contributed by atoms with van der Waals surface area (Å²) in [4.78, 5) is 7.98. The van der Waals surface area contributed by atoms with Crippen LogP contribution >= 0.6 is 11.6 Å². The van der Waals surface area contributed by atoms with Crippen molar-refractivity contribution < 1.29 is 14.9 Å². The van der Waals surface area contributed by atoms with Crippen molar-refractivity contribution in [2.75, 3.05) is 5.73 Å². The lowest BCUT2D eigenvalue weighted by Gasteiger charge is -2.17. The molecule has 1 aliphatic heterocycles. The highest BCUT2D eigenvalue weighted by atomic mass is 35.5. The zero-order valence-electron chi connectivity index (χ0n) is 10.1. The quantitative estimate of drug-likeness (QED) is 0.696. The number of nitrogen functional groups attached to an aromatic ring is 1. The van der Waals surface area contributed by atoms with Gasteiger partial charge >= 0.3 is 0 Å². The Morgan fingerprint density at radius 1 is 1.37 bits per heavy atom. The summed E-state index contributed by atoms with van der Waals surface area (Å²) in [5.74, 6) is 0.259. The third-order valence-corrected chi connectivity index (χ3v) is 3.63. The van der Waals surface area contributed by atoms with Crippen LogP contribution in [0.25, 0.3) is 11.0 Å². The number of hydrogen-bond donors (Lipinski definition) is 3. The van der Waals surface area contributed by atoms with Gasteiger partial charge in [0.25, 0.3) is 0 Å². The van der Waals surface area contributed by atoms with E-state index in [1.807, 2.05) is 0 Å². The first-order valence-corrected chi connectivity index (χ1v) is 6.16. The fourth-order valence-electron chi connectivity index (χ4n) is 2.31. The van der Waals surface area contributed by atoms with E-state index < -0.39 is 24.5 Å². The normalized spacial score (nSPS) is 31.2. The van der Waals surface area contributed by atoms with Gasteiger partial charge in [0, 0.05) is 6.20 Å². The van der Waals surface area contributed by atoms with Crippen LogP contribution in [0.15, 0.2) is 12.5 Å². The number of hydrogen-bond acceptors (Lipinski definition) is 6. The van der Waals surface area contributed by atoms with Crippen LogP contribution < -0.4 is 5.73 Å². The maximum absolute atomic E-state index is 10.0. The van der Waals surface area contributed by atoms with Gasteiger partial charge in [-0.15, -0.1) is 0 Å². The minimum atomic E-state index is -1.06. The molecule has 0 aromatic carbocycles. The minimum absolute atomic E-state index is 0.259. The zero-order chi connectivity index (χ0) is 13.7. The summed E-state index contributed by atoms with van der Waals surface area (Å²) in [5.41, 5.74) is 6.22. The fourth-order valence-corrected chi connectivity index (χ4v) is 2.60. The number of fused-ring (bicyclic) bond motifs is 1. The highest BCUT2D eigenvalue weighted by molar-refractivity contribution is 6.36. The minimum Gasteiger partial charge on any atom is -0.388 e. The van der Waals surface area contributed by atoms with Crippen LogP contribution in [-0.2, 0) is 4.74 Å². The summed E-state index contributed by atoms with van der Waals surface area (Å²) >= 11 is 6.10. The molecular formula is C11H13ClN4O3. The van der Waals surface area contributed by atoms with Crippen molar-refractivity contribution in [2.24, 2.45) is 0 Å². The van der Waals surface area contributed by atoms with Gasteiger partial charge in [0.1, 0.15) is 30.0 Å². The Hall–Kier alpha value is -1.41. The molecule has 8 heteroatoms. The molecule has 3 rings (SSSR count). The topological polar surface area (TPSA) is 106 Å². The van der Waals surface area contributed by atoms with Crippen molar-refractivity contribution in [3.05, 3.63) is 17.5 Å². The molecule has 0 amide bonds. The van der Waals surface area contributed by atoms with E-state index in [1.54, 1.807) is 17.7 Å². The van der Waals surface area contributed by atoms with Gasteiger partial charge < -0.3 is 25.3 Å². The largest absolute Gasteiger partial charge is 0.388 e. The summed E-state index contributed by atoms with van der Waals surface area (Å²) in [6.45, 7) is 1.69. The maximum Gasteiger partial charge on any atom is 0.164 e. The molecule has 1 saturated heterocycles. The Labute approximate surface area is 113 Å². The van der Waals surface area contributed by atoms with Gasteiger partial charge in [-0.1, -0.05) is 11.6 Å². The highest BCUT2D eigenvalue weighted by Gasteiger charge is 2.42. The molecule has 102 valence electrons. The third-order valence-electron chi connectivity index (χ3n) is 3.34. The first kappa shape index (κ1) is 12.6. The van der Waals surface area contributed by atoms with Crippen LogP contribution in [0.3, 0.4) is 0 Å². The molecule has 19 heavy (non-hydrogen) atoms. The fraction of sp³-hybridized carbons (Fsp3) is 0.455. The van der Waals surface area contributed by atoms with Crippen molar-refractivity contribution in [2.45, 2.75) is 31.5 Å². The van der Waals surface area contributed by atoms with Crippen LogP contribution in [0.4, 0.5) is 5.82 Å². The Kier molecular flexibility index (Phi) is 2.86. The van der Waals surface area contributed by atoms with Gasteiger partial charge in [-0.05, 0) is 6.92 Å². The van der Waals surface area contributed by atoms with E-state index in [-0.39, 0.29) is 5.82 Å². The molecule has 0 radical (unpaired) electrons. The SMILES string of the molecule is C[C@H]1O[C@@H](n2cc(Cl)c3c(N)ncnc32)[C@H](O)[C@@H]1O. The van der Waals surface area contributed by atoms with Crippen LogP contribution in [0.2, 0.25) is 5.02 Å².